The van der Waals surface area contributed by atoms with Gasteiger partial charge in [-0.3, -0.25) is 9.59 Å². The molecule has 2 amide bonds. The molecule has 2 aliphatic heterocycles. The minimum Gasteiger partial charge on any atom is -0.497 e. The Bertz CT molecular complexity index is 915. The lowest BCUT2D eigenvalue weighted by Gasteiger charge is -2.47. The van der Waals surface area contributed by atoms with Gasteiger partial charge in [-0.15, -0.1) is 0 Å². The number of hydrogen-bond acceptors (Lipinski definition) is 3. The fraction of sp³-hybridized carbons (Fsp3) is 0.417. The lowest BCUT2D eigenvalue weighted by atomic mass is 9.83. The monoisotopic (exact) mass is 410 g/mol. The molecule has 4 rings (SSSR count). The van der Waals surface area contributed by atoms with E-state index in [1.54, 1.807) is 25.3 Å². The summed E-state index contributed by atoms with van der Waals surface area (Å²) in [6.07, 6.45) is 3.04. The number of amides is 2. The van der Waals surface area contributed by atoms with E-state index in [9.17, 15) is 14.0 Å². The third-order valence-corrected chi connectivity index (χ3v) is 6.26. The molecule has 5 nitrogen and oxygen atoms in total. The van der Waals surface area contributed by atoms with Crippen LogP contribution in [0, 0.1) is 11.7 Å². The lowest BCUT2D eigenvalue weighted by molar-refractivity contribution is -0.137. The number of carbonyl (C=O) groups is 2. The maximum absolute atomic E-state index is 13.1. The molecule has 2 fully saturated rings. The SMILES string of the molecule is COc1cccc(C(=O)N2CC[C@@H]3[C@H](CCCN3C(=O)Cc3ccc(F)cc3)C2)c1. The van der Waals surface area contributed by atoms with E-state index in [1.165, 1.54) is 12.1 Å². The molecule has 0 radical (unpaired) electrons. The molecular formula is C24H27FN2O3. The summed E-state index contributed by atoms with van der Waals surface area (Å²) in [6, 6.07) is 13.5. The molecule has 6 heteroatoms. The number of carbonyl (C=O) groups excluding carboxylic acids is 2. The molecular weight excluding hydrogens is 383 g/mol. The standard InChI is InChI=1S/C24H27FN2O3/c1-30-21-6-2-4-18(15-21)24(29)26-13-11-22-19(16-26)5-3-12-27(22)23(28)14-17-7-9-20(25)10-8-17/h2,4,6-10,15,19,22H,3,5,11-14,16H2,1H3/t19-,22-/m1/s1. The molecule has 2 atom stereocenters. The van der Waals surface area contributed by atoms with Gasteiger partial charge in [0.25, 0.3) is 5.91 Å². The van der Waals surface area contributed by atoms with Crippen molar-refractivity contribution in [2.75, 3.05) is 26.7 Å². The zero-order valence-corrected chi connectivity index (χ0v) is 17.2. The van der Waals surface area contributed by atoms with Gasteiger partial charge in [-0.05, 0) is 61.1 Å². The first-order chi connectivity index (χ1) is 14.5. The van der Waals surface area contributed by atoms with Crippen LogP contribution in [0.15, 0.2) is 48.5 Å². The van der Waals surface area contributed by atoms with Crippen molar-refractivity contribution in [1.29, 1.82) is 0 Å². The Labute approximate surface area is 176 Å². The van der Waals surface area contributed by atoms with Crippen molar-refractivity contribution in [1.82, 2.24) is 9.80 Å². The molecule has 0 unspecified atom stereocenters. The molecule has 0 N–H and O–H groups in total. The summed E-state index contributed by atoms with van der Waals surface area (Å²) < 4.78 is 18.4. The summed E-state index contributed by atoms with van der Waals surface area (Å²) >= 11 is 0. The van der Waals surface area contributed by atoms with Crippen molar-refractivity contribution in [3.8, 4) is 5.75 Å². The highest BCUT2D eigenvalue weighted by Gasteiger charge is 2.39. The fourth-order valence-corrected chi connectivity index (χ4v) is 4.71. The van der Waals surface area contributed by atoms with Crippen LogP contribution in [0.1, 0.15) is 35.2 Å². The topological polar surface area (TPSA) is 49.9 Å². The number of rotatable bonds is 4. The Balaban J connectivity index is 1.41. The van der Waals surface area contributed by atoms with Gasteiger partial charge in [-0.25, -0.2) is 4.39 Å². The number of nitrogens with zero attached hydrogens (tertiary/aromatic N) is 2. The Morgan fingerprint density at radius 3 is 2.67 bits per heavy atom. The Morgan fingerprint density at radius 2 is 1.90 bits per heavy atom. The van der Waals surface area contributed by atoms with Crippen molar-refractivity contribution < 1.29 is 18.7 Å². The van der Waals surface area contributed by atoms with Gasteiger partial charge < -0.3 is 14.5 Å². The molecule has 0 bridgehead atoms. The lowest BCUT2D eigenvalue weighted by Crippen LogP contribution is -2.56. The van der Waals surface area contributed by atoms with Crippen LogP contribution < -0.4 is 4.74 Å². The molecule has 0 saturated carbocycles. The zero-order valence-electron chi connectivity index (χ0n) is 17.2. The molecule has 2 aromatic rings. The number of piperidine rings is 2. The van der Waals surface area contributed by atoms with Crippen molar-refractivity contribution in [2.45, 2.75) is 31.7 Å². The number of halogens is 1. The Morgan fingerprint density at radius 1 is 1.10 bits per heavy atom. The average Bonchev–Trinajstić information content (AvgIpc) is 2.79. The van der Waals surface area contributed by atoms with E-state index in [4.69, 9.17) is 4.74 Å². The highest BCUT2D eigenvalue weighted by molar-refractivity contribution is 5.94. The second kappa shape index (κ2) is 8.86. The highest BCUT2D eigenvalue weighted by atomic mass is 19.1. The molecule has 2 aliphatic rings. The van der Waals surface area contributed by atoms with Gasteiger partial charge in [0.05, 0.1) is 13.5 Å². The van der Waals surface area contributed by atoms with Crippen LogP contribution in [0.25, 0.3) is 0 Å². The minimum absolute atomic E-state index is 0.0158. The van der Waals surface area contributed by atoms with E-state index in [0.29, 0.717) is 30.3 Å². The van der Waals surface area contributed by atoms with Gasteiger partial charge in [0.15, 0.2) is 0 Å². The third kappa shape index (κ3) is 4.32. The third-order valence-electron chi connectivity index (χ3n) is 6.26. The normalized spacial score (nSPS) is 21.1. The maximum atomic E-state index is 13.1. The molecule has 0 aliphatic carbocycles. The van der Waals surface area contributed by atoms with Crippen LogP contribution in [0.4, 0.5) is 4.39 Å². The van der Waals surface area contributed by atoms with Crippen molar-refractivity contribution in [3.63, 3.8) is 0 Å². The van der Waals surface area contributed by atoms with E-state index in [1.807, 2.05) is 28.0 Å². The van der Waals surface area contributed by atoms with Gasteiger partial charge in [0.1, 0.15) is 11.6 Å². The zero-order chi connectivity index (χ0) is 21.1. The number of methoxy groups -OCH3 is 1. The first-order valence-electron chi connectivity index (χ1n) is 10.5. The average molecular weight is 410 g/mol. The van der Waals surface area contributed by atoms with Gasteiger partial charge >= 0.3 is 0 Å². The first kappa shape index (κ1) is 20.4. The second-order valence-corrected chi connectivity index (χ2v) is 8.13. The number of hydrogen-bond donors (Lipinski definition) is 0. The van der Waals surface area contributed by atoms with E-state index >= 15 is 0 Å². The molecule has 2 heterocycles. The van der Waals surface area contributed by atoms with Crippen LogP contribution >= 0.6 is 0 Å². The molecule has 0 spiro atoms. The predicted molar refractivity (Wildman–Crippen MR) is 112 cm³/mol. The summed E-state index contributed by atoms with van der Waals surface area (Å²) in [5.74, 6) is 0.772. The van der Waals surface area contributed by atoms with Gasteiger partial charge in [0, 0.05) is 31.2 Å². The molecule has 0 aromatic heterocycles. The minimum atomic E-state index is -0.294. The fourth-order valence-electron chi connectivity index (χ4n) is 4.71. The van der Waals surface area contributed by atoms with E-state index < -0.39 is 0 Å². The summed E-state index contributed by atoms with van der Waals surface area (Å²) in [6.45, 7) is 2.06. The smallest absolute Gasteiger partial charge is 0.253 e. The number of benzene rings is 2. The summed E-state index contributed by atoms with van der Waals surface area (Å²) in [5.41, 5.74) is 1.46. The second-order valence-electron chi connectivity index (χ2n) is 8.13. The van der Waals surface area contributed by atoms with Crippen molar-refractivity contribution in [3.05, 3.63) is 65.5 Å². The first-order valence-corrected chi connectivity index (χ1v) is 10.5. The number of likely N-dealkylation sites (tertiary alicyclic amines) is 2. The van der Waals surface area contributed by atoms with E-state index in [2.05, 4.69) is 0 Å². The summed E-state index contributed by atoms with van der Waals surface area (Å²) in [5, 5.41) is 0. The molecule has 158 valence electrons. The maximum Gasteiger partial charge on any atom is 0.253 e. The van der Waals surface area contributed by atoms with Crippen LogP contribution in [-0.4, -0.2) is 54.4 Å². The Hall–Kier alpha value is -2.89. The van der Waals surface area contributed by atoms with E-state index in [-0.39, 0.29) is 30.1 Å². The van der Waals surface area contributed by atoms with Crippen LogP contribution in [0.5, 0.6) is 5.75 Å². The molecule has 2 aromatic carbocycles. The van der Waals surface area contributed by atoms with Gasteiger partial charge in [-0.2, -0.15) is 0 Å². The van der Waals surface area contributed by atoms with Crippen LogP contribution in [0.2, 0.25) is 0 Å². The predicted octanol–water partition coefficient (Wildman–Crippen LogP) is 3.53. The molecule has 2 saturated heterocycles. The number of ether oxygens (including phenoxy) is 1. The van der Waals surface area contributed by atoms with Crippen molar-refractivity contribution >= 4 is 11.8 Å². The highest BCUT2D eigenvalue weighted by Crippen LogP contribution is 2.32. The van der Waals surface area contributed by atoms with Crippen LogP contribution in [-0.2, 0) is 11.2 Å². The summed E-state index contributed by atoms with van der Waals surface area (Å²) in [7, 11) is 1.59. The van der Waals surface area contributed by atoms with E-state index in [0.717, 1.165) is 31.4 Å². The largest absolute Gasteiger partial charge is 0.497 e. The Kier molecular flexibility index (Phi) is 6.02. The number of fused-ring (bicyclic) bond motifs is 1. The van der Waals surface area contributed by atoms with Crippen LogP contribution in [0.3, 0.4) is 0 Å². The summed E-state index contributed by atoms with van der Waals surface area (Å²) in [4.78, 5) is 29.8. The van der Waals surface area contributed by atoms with Gasteiger partial charge in [0.2, 0.25) is 5.91 Å². The van der Waals surface area contributed by atoms with Crippen molar-refractivity contribution in [2.24, 2.45) is 5.92 Å². The van der Waals surface area contributed by atoms with Gasteiger partial charge in [-0.1, -0.05) is 18.2 Å². The quantitative estimate of drug-likeness (QED) is 0.775. The molecule has 30 heavy (non-hydrogen) atoms.